The molecule has 0 spiro atoms. The van der Waals surface area contributed by atoms with Crippen molar-refractivity contribution in [3.8, 4) is 11.5 Å². The first-order chi connectivity index (χ1) is 14.5. The lowest BCUT2D eigenvalue weighted by Crippen LogP contribution is -2.43. The molecule has 0 bridgehead atoms. The predicted molar refractivity (Wildman–Crippen MR) is 111 cm³/mol. The first kappa shape index (κ1) is 22.6. The van der Waals surface area contributed by atoms with Crippen molar-refractivity contribution < 1.29 is 23.8 Å². The molecule has 9 nitrogen and oxygen atoms in total. The second-order valence-corrected chi connectivity index (χ2v) is 6.17. The first-order valence-corrected chi connectivity index (χ1v) is 9.44. The number of methoxy groups -OCH3 is 1. The maximum atomic E-state index is 12.8. The second kappa shape index (κ2) is 11.3. The molecule has 30 heavy (non-hydrogen) atoms. The van der Waals surface area contributed by atoms with Crippen LogP contribution >= 0.6 is 0 Å². The molecule has 1 atom stereocenters. The number of hydrogen-bond acceptors (Lipinski definition) is 6. The van der Waals surface area contributed by atoms with Gasteiger partial charge in [-0.05, 0) is 37.1 Å². The average molecular weight is 412 g/mol. The van der Waals surface area contributed by atoms with Gasteiger partial charge in [0.2, 0.25) is 0 Å². The Morgan fingerprint density at radius 3 is 2.17 bits per heavy atom. The molecule has 0 saturated heterocycles. The van der Waals surface area contributed by atoms with E-state index in [0.29, 0.717) is 36.0 Å². The van der Waals surface area contributed by atoms with E-state index in [2.05, 4.69) is 15.3 Å². The van der Waals surface area contributed by atoms with Gasteiger partial charge in [-0.1, -0.05) is 29.4 Å². The van der Waals surface area contributed by atoms with Crippen LogP contribution in [0.1, 0.15) is 29.8 Å². The van der Waals surface area contributed by atoms with Gasteiger partial charge in [-0.3, -0.25) is 4.79 Å². The molecule has 0 saturated carbocycles. The number of hydrogen-bond donors (Lipinski definition) is 1. The van der Waals surface area contributed by atoms with Crippen LogP contribution in [0, 0.1) is 0 Å². The van der Waals surface area contributed by atoms with E-state index in [4.69, 9.17) is 19.7 Å². The van der Waals surface area contributed by atoms with Crippen molar-refractivity contribution in [3.05, 3.63) is 64.0 Å². The van der Waals surface area contributed by atoms with Gasteiger partial charge in [-0.25, -0.2) is 4.79 Å². The molecule has 2 aromatic rings. The van der Waals surface area contributed by atoms with Crippen LogP contribution in [0.25, 0.3) is 10.4 Å². The van der Waals surface area contributed by atoms with Crippen molar-refractivity contribution in [1.29, 1.82) is 0 Å². The topological polar surface area (TPSA) is 123 Å². The highest BCUT2D eigenvalue weighted by atomic mass is 16.5. The number of azide groups is 1. The molecule has 0 aromatic heterocycles. The summed E-state index contributed by atoms with van der Waals surface area (Å²) >= 11 is 0. The van der Waals surface area contributed by atoms with Crippen molar-refractivity contribution in [2.45, 2.75) is 26.3 Å². The summed E-state index contributed by atoms with van der Waals surface area (Å²) in [6, 6.07) is 10.7. The maximum Gasteiger partial charge on any atom is 0.328 e. The molecule has 0 unspecified atom stereocenters. The summed E-state index contributed by atoms with van der Waals surface area (Å²) < 4.78 is 15.8. The number of esters is 1. The van der Waals surface area contributed by atoms with Crippen LogP contribution in [0.4, 0.5) is 5.69 Å². The molecular weight excluding hydrogens is 388 g/mol. The van der Waals surface area contributed by atoms with E-state index in [-0.39, 0.29) is 6.42 Å². The van der Waals surface area contributed by atoms with E-state index in [9.17, 15) is 9.59 Å². The Kier molecular flexibility index (Phi) is 8.53. The molecule has 1 amide bonds. The van der Waals surface area contributed by atoms with Crippen LogP contribution in [0.2, 0.25) is 0 Å². The van der Waals surface area contributed by atoms with E-state index in [1.807, 2.05) is 13.8 Å². The fourth-order valence-corrected chi connectivity index (χ4v) is 2.77. The molecule has 158 valence electrons. The number of carbonyl (C=O) groups is 2. The standard InChI is InChI=1S/C21H24N4O5/c1-4-29-17-11-15(12-18(13-17)30-5-2)20(26)23-19(21(27)28-3)10-14-6-8-16(9-7-14)24-25-22/h6-9,11-13,19H,4-5,10H2,1-3H3,(H,23,26)/t19-/m0/s1. The summed E-state index contributed by atoms with van der Waals surface area (Å²) in [4.78, 5) is 27.8. The number of rotatable bonds is 10. The lowest BCUT2D eigenvalue weighted by molar-refractivity contribution is -0.142. The number of amides is 1. The zero-order valence-electron chi connectivity index (χ0n) is 17.1. The van der Waals surface area contributed by atoms with Crippen LogP contribution in [0.5, 0.6) is 11.5 Å². The molecule has 1 N–H and O–H groups in total. The SMILES string of the molecule is CCOc1cc(OCC)cc(C(=O)N[C@@H](Cc2ccc(N=[N+]=[N-])cc2)C(=O)OC)c1. The van der Waals surface area contributed by atoms with Crippen LogP contribution in [-0.2, 0) is 16.0 Å². The Hall–Kier alpha value is -3.71. The van der Waals surface area contributed by atoms with E-state index in [1.165, 1.54) is 7.11 Å². The Morgan fingerprint density at radius 2 is 1.67 bits per heavy atom. The van der Waals surface area contributed by atoms with Gasteiger partial charge in [0, 0.05) is 28.6 Å². The van der Waals surface area contributed by atoms with Gasteiger partial charge in [0.15, 0.2) is 0 Å². The third kappa shape index (κ3) is 6.42. The van der Waals surface area contributed by atoms with E-state index in [0.717, 1.165) is 5.56 Å². The molecule has 9 heteroatoms. The highest BCUT2D eigenvalue weighted by molar-refractivity contribution is 5.97. The van der Waals surface area contributed by atoms with Crippen LogP contribution in [-0.4, -0.2) is 38.2 Å². The van der Waals surface area contributed by atoms with Gasteiger partial charge in [-0.15, -0.1) is 0 Å². The molecule has 0 aliphatic carbocycles. The highest BCUT2D eigenvalue weighted by Crippen LogP contribution is 2.23. The summed E-state index contributed by atoms with van der Waals surface area (Å²) in [6.45, 7) is 4.56. The van der Waals surface area contributed by atoms with Crippen molar-refractivity contribution >= 4 is 17.6 Å². The van der Waals surface area contributed by atoms with Crippen molar-refractivity contribution in [1.82, 2.24) is 5.32 Å². The summed E-state index contributed by atoms with van der Waals surface area (Å²) in [6.07, 6.45) is 0.207. The Bertz CT molecular complexity index is 899. The minimum absolute atomic E-state index is 0.207. The predicted octanol–water partition coefficient (Wildman–Crippen LogP) is 3.94. The lowest BCUT2D eigenvalue weighted by Gasteiger charge is -2.17. The molecule has 0 fully saturated rings. The molecule has 0 aliphatic rings. The molecule has 2 rings (SSSR count). The number of benzene rings is 2. The normalized spacial score (nSPS) is 11.0. The quantitative estimate of drug-likeness (QED) is 0.274. The summed E-state index contributed by atoms with van der Waals surface area (Å²) in [7, 11) is 1.26. The highest BCUT2D eigenvalue weighted by Gasteiger charge is 2.23. The van der Waals surface area contributed by atoms with E-state index in [1.54, 1.807) is 42.5 Å². The van der Waals surface area contributed by atoms with Gasteiger partial charge in [0.25, 0.3) is 5.91 Å². The molecular formula is C21H24N4O5. The average Bonchev–Trinajstić information content (AvgIpc) is 2.74. The Morgan fingerprint density at radius 1 is 1.07 bits per heavy atom. The van der Waals surface area contributed by atoms with Crippen LogP contribution in [0.15, 0.2) is 47.6 Å². The summed E-state index contributed by atoms with van der Waals surface area (Å²) in [5.41, 5.74) is 10.0. The van der Waals surface area contributed by atoms with E-state index < -0.39 is 17.9 Å². The fraction of sp³-hybridized carbons (Fsp3) is 0.333. The van der Waals surface area contributed by atoms with Gasteiger partial charge in [-0.2, -0.15) is 0 Å². The second-order valence-electron chi connectivity index (χ2n) is 6.17. The zero-order chi connectivity index (χ0) is 21.9. The number of nitrogens with one attached hydrogen (secondary N) is 1. The van der Waals surface area contributed by atoms with Crippen molar-refractivity contribution in [2.75, 3.05) is 20.3 Å². The summed E-state index contributed by atoms with van der Waals surface area (Å²) in [5, 5.41) is 6.21. The minimum atomic E-state index is -0.904. The van der Waals surface area contributed by atoms with Crippen molar-refractivity contribution in [3.63, 3.8) is 0 Å². The monoisotopic (exact) mass is 412 g/mol. The van der Waals surface area contributed by atoms with Crippen LogP contribution < -0.4 is 14.8 Å². The Balaban J connectivity index is 2.22. The van der Waals surface area contributed by atoms with Crippen molar-refractivity contribution in [2.24, 2.45) is 5.11 Å². The van der Waals surface area contributed by atoms with Crippen LogP contribution in [0.3, 0.4) is 0 Å². The Labute approximate surface area is 174 Å². The molecule has 2 aromatic carbocycles. The van der Waals surface area contributed by atoms with E-state index >= 15 is 0 Å². The fourth-order valence-electron chi connectivity index (χ4n) is 2.77. The van der Waals surface area contributed by atoms with Gasteiger partial charge >= 0.3 is 5.97 Å². The summed E-state index contributed by atoms with van der Waals surface area (Å²) in [5.74, 6) is -0.0409. The third-order valence-corrected chi connectivity index (χ3v) is 4.09. The number of nitrogens with zero attached hydrogens (tertiary/aromatic N) is 3. The maximum absolute atomic E-state index is 12.8. The van der Waals surface area contributed by atoms with Gasteiger partial charge in [0.1, 0.15) is 17.5 Å². The molecule has 0 heterocycles. The van der Waals surface area contributed by atoms with Gasteiger partial charge < -0.3 is 19.5 Å². The lowest BCUT2D eigenvalue weighted by atomic mass is 10.0. The third-order valence-electron chi connectivity index (χ3n) is 4.09. The molecule has 0 aliphatic heterocycles. The smallest absolute Gasteiger partial charge is 0.328 e. The zero-order valence-corrected chi connectivity index (χ0v) is 17.1. The number of ether oxygens (including phenoxy) is 3. The number of carbonyl (C=O) groups excluding carboxylic acids is 2. The molecule has 0 radical (unpaired) electrons. The largest absolute Gasteiger partial charge is 0.494 e. The first-order valence-electron chi connectivity index (χ1n) is 9.44. The van der Waals surface area contributed by atoms with Gasteiger partial charge in [0.05, 0.1) is 20.3 Å². The minimum Gasteiger partial charge on any atom is -0.494 e.